The van der Waals surface area contributed by atoms with Gasteiger partial charge in [-0.05, 0) is 11.3 Å². The Bertz CT molecular complexity index is 76.1. The molecule has 1 nitrogen and oxygen atoms in total. The molecule has 0 fully saturated rings. The Kier molecular flexibility index (Phi) is 8.70. The van der Waals surface area contributed by atoms with Crippen LogP contribution in [0.25, 0.3) is 0 Å². The second-order valence-corrected chi connectivity index (χ2v) is 4.06. The molecule has 0 radical (unpaired) electrons. The summed E-state index contributed by atoms with van der Waals surface area (Å²) in [4.78, 5) is 0. The van der Waals surface area contributed by atoms with E-state index >= 15 is 0 Å². The minimum absolute atomic E-state index is 0.510. The molecule has 0 saturated carbocycles. The van der Waals surface area contributed by atoms with E-state index in [9.17, 15) is 0 Å². The predicted molar refractivity (Wildman–Crippen MR) is 49.4 cm³/mol. The number of hydrogen-bond acceptors (Lipinski definition) is 1. The lowest BCUT2D eigenvalue weighted by atomic mass is 9.80. The van der Waals surface area contributed by atoms with E-state index in [2.05, 4.69) is 46.5 Å². The number of hydrogen-bond donors (Lipinski definition) is 0. The van der Waals surface area contributed by atoms with Gasteiger partial charge in [0.1, 0.15) is 0 Å². The Labute approximate surface area is 75.9 Å². The lowest BCUT2D eigenvalue weighted by molar-refractivity contribution is -0.166. The molecule has 0 aromatic rings. The van der Waals surface area contributed by atoms with Crippen LogP contribution in [0.3, 0.4) is 0 Å². The molecule has 0 spiro atoms. The summed E-state index contributed by atoms with van der Waals surface area (Å²) in [6, 6.07) is 0. The molecule has 11 heavy (non-hydrogen) atoms. The van der Waals surface area contributed by atoms with Gasteiger partial charge in [-0.2, -0.15) is 0 Å². The quantitative estimate of drug-likeness (QED) is 0.639. The molecule has 0 heterocycles. The van der Waals surface area contributed by atoms with Crippen molar-refractivity contribution in [2.75, 3.05) is 0 Å². The molecule has 70 valence electrons. The Morgan fingerprint density at radius 1 is 1.27 bits per heavy atom. The van der Waals surface area contributed by atoms with Gasteiger partial charge in [0.15, 0.2) is 0 Å². The molecule has 0 aliphatic carbocycles. The second kappa shape index (κ2) is 6.93. The average Bonchev–Trinajstić information content (AvgIpc) is 1.91. The summed E-state index contributed by atoms with van der Waals surface area (Å²) in [5.41, 5.74) is 0.510. The Morgan fingerprint density at radius 3 is 1.73 bits per heavy atom. The van der Waals surface area contributed by atoms with E-state index < -0.39 is 0 Å². The van der Waals surface area contributed by atoms with Crippen LogP contribution in [0.15, 0.2) is 0 Å². The van der Waals surface area contributed by atoms with Crippen molar-refractivity contribution in [1.82, 2.24) is 0 Å². The molecular formula is C9H20ClO-. The lowest BCUT2D eigenvalue weighted by Crippen LogP contribution is -2.16. The van der Waals surface area contributed by atoms with Crippen LogP contribution in [0.1, 0.15) is 47.5 Å². The van der Waals surface area contributed by atoms with Crippen LogP contribution < -0.4 is 4.66 Å². The summed E-state index contributed by atoms with van der Waals surface area (Å²) in [5, 5.41) is 0. The average molecular weight is 180 g/mol. The zero-order valence-electron chi connectivity index (χ0n) is 8.28. The first-order chi connectivity index (χ1) is 4.98. The van der Waals surface area contributed by atoms with Gasteiger partial charge in [-0.15, -0.1) is 0 Å². The van der Waals surface area contributed by atoms with E-state index in [1.807, 2.05) is 0 Å². The molecule has 2 heteroatoms. The zero-order valence-corrected chi connectivity index (χ0v) is 9.03. The van der Waals surface area contributed by atoms with E-state index in [1.165, 1.54) is 12.8 Å². The topological polar surface area (TPSA) is 23.1 Å². The smallest absolute Gasteiger partial charge is 0.0357 e. The fraction of sp³-hybridized carbons (Fsp3) is 1.00. The third-order valence-electron chi connectivity index (χ3n) is 2.20. The van der Waals surface area contributed by atoms with Crippen molar-refractivity contribution in [3.63, 3.8) is 0 Å². The highest BCUT2D eigenvalue weighted by atomic mass is 35.5. The van der Waals surface area contributed by atoms with Crippen LogP contribution in [0.4, 0.5) is 0 Å². The molecule has 0 aromatic carbocycles. The summed E-state index contributed by atoms with van der Waals surface area (Å²) in [6.45, 7) is 11.5. The van der Waals surface area contributed by atoms with Crippen LogP contribution in [-0.4, -0.2) is 0 Å². The van der Waals surface area contributed by atoms with Crippen LogP contribution in [0, 0.1) is 11.3 Å². The molecule has 0 rings (SSSR count). The molecule has 0 aliphatic heterocycles. The summed E-state index contributed by atoms with van der Waals surface area (Å²) in [6.07, 6.45) is 2.68. The second-order valence-electron chi connectivity index (χ2n) is 4.06. The van der Waals surface area contributed by atoms with Gasteiger partial charge >= 0.3 is 0 Å². The summed E-state index contributed by atoms with van der Waals surface area (Å²) in [7, 11) is 0. The van der Waals surface area contributed by atoms with Gasteiger partial charge in [0, 0.05) is 0 Å². The zero-order chi connectivity index (χ0) is 9.49. The predicted octanol–water partition coefficient (Wildman–Crippen LogP) is 2.97. The first-order valence-electron chi connectivity index (χ1n) is 4.14. The lowest BCUT2D eigenvalue weighted by Gasteiger charge is -2.26. The van der Waals surface area contributed by atoms with Crippen molar-refractivity contribution >= 4 is 11.9 Å². The summed E-state index contributed by atoms with van der Waals surface area (Å²) >= 11 is 3.39. The van der Waals surface area contributed by atoms with Crippen molar-refractivity contribution in [3.8, 4) is 0 Å². The fourth-order valence-electron chi connectivity index (χ4n) is 0.866. The van der Waals surface area contributed by atoms with E-state index in [-0.39, 0.29) is 0 Å². The molecule has 0 saturated heterocycles. The van der Waals surface area contributed by atoms with Crippen molar-refractivity contribution < 1.29 is 4.66 Å². The van der Waals surface area contributed by atoms with E-state index in [0.29, 0.717) is 5.41 Å². The Balaban J connectivity index is 0. The van der Waals surface area contributed by atoms with Crippen molar-refractivity contribution in [2.24, 2.45) is 11.3 Å². The third-order valence-corrected chi connectivity index (χ3v) is 2.20. The fourth-order valence-corrected chi connectivity index (χ4v) is 0.866. The van der Waals surface area contributed by atoms with E-state index in [4.69, 9.17) is 4.66 Å². The largest absolute Gasteiger partial charge is 0.769 e. The Hall–Kier alpha value is 0.250. The minimum atomic E-state index is 0.510. The van der Waals surface area contributed by atoms with Crippen LogP contribution in [0.2, 0.25) is 0 Å². The van der Waals surface area contributed by atoms with Crippen molar-refractivity contribution in [1.29, 1.82) is 0 Å². The molecule has 1 atom stereocenters. The first kappa shape index (κ1) is 13.8. The SMILES string of the molecule is CCCC(C)C(C)(C)C.[O-]Cl. The van der Waals surface area contributed by atoms with Gasteiger partial charge in [0.05, 0.1) is 0 Å². The Morgan fingerprint density at radius 2 is 1.64 bits per heavy atom. The highest BCUT2D eigenvalue weighted by molar-refractivity contribution is 6.02. The maximum Gasteiger partial charge on any atom is -0.0357 e. The molecule has 1 unspecified atom stereocenters. The highest BCUT2D eigenvalue weighted by Gasteiger charge is 2.18. The normalized spacial score (nSPS) is 13.4. The van der Waals surface area contributed by atoms with Gasteiger partial charge < -0.3 is 4.66 Å². The van der Waals surface area contributed by atoms with Gasteiger partial charge in [0.2, 0.25) is 0 Å². The minimum Gasteiger partial charge on any atom is -0.769 e. The maximum atomic E-state index is 7.72. The number of rotatable bonds is 2. The van der Waals surface area contributed by atoms with Gasteiger partial charge in [-0.25, -0.2) is 11.9 Å². The highest BCUT2D eigenvalue weighted by Crippen LogP contribution is 2.28. The molecule has 0 bridgehead atoms. The molecule has 0 aromatic heterocycles. The van der Waals surface area contributed by atoms with E-state index in [1.54, 1.807) is 0 Å². The molecule has 0 aliphatic rings. The molecule has 0 N–H and O–H groups in total. The summed E-state index contributed by atoms with van der Waals surface area (Å²) < 4.78 is 7.72. The van der Waals surface area contributed by atoms with Gasteiger partial charge in [0.25, 0.3) is 0 Å². The van der Waals surface area contributed by atoms with Gasteiger partial charge in [-0.1, -0.05) is 47.5 Å². The van der Waals surface area contributed by atoms with Crippen LogP contribution >= 0.6 is 11.9 Å². The number of halogens is 1. The monoisotopic (exact) mass is 179 g/mol. The standard InChI is InChI=1S/C9H20.ClO/c1-6-7-8(2)9(3,4)5;1-2/h8H,6-7H2,1-5H3;/q;-1. The maximum absolute atomic E-state index is 7.72. The van der Waals surface area contributed by atoms with Crippen LogP contribution in [0.5, 0.6) is 0 Å². The summed E-state index contributed by atoms with van der Waals surface area (Å²) in [5.74, 6) is 0.863. The van der Waals surface area contributed by atoms with Crippen molar-refractivity contribution in [3.05, 3.63) is 0 Å². The molecule has 0 amide bonds. The first-order valence-corrected chi connectivity index (χ1v) is 4.44. The van der Waals surface area contributed by atoms with Crippen molar-refractivity contribution in [2.45, 2.75) is 47.5 Å². The molecular weight excluding hydrogens is 160 g/mol. The van der Waals surface area contributed by atoms with E-state index in [0.717, 1.165) is 5.92 Å². The van der Waals surface area contributed by atoms with Crippen LogP contribution in [-0.2, 0) is 0 Å². The third kappa shape index (κ3) is 8.15. The van der Waals surface area contributed by atoms with Gasteiger partial charge in [-0.3, -0.25) is 0 Å².